The van der Waals surface area contributed by atoms with Gasteiger partial charge in [0.15, 0.2) is 5.25 Å². The SMILES string of the molecule is CC(C(=O)O)S(=O)(=O)NCCCNS(C)(=O)=O. The molecule has 102 valence electrons. The highest BCUT2D eigenvalue weighted by Gasteiger charge is 2.26. The fraction of sp³-hybridized carbons (Fsp3) is 0.857. The number of hydrogen-bond donors (Lipinski definition) is 3. The molecule has 0 saturated carbocycles. The van der Waals surface area contributed by atoms with Gasteiger partial charge in [0, 0.05) is 13.1 Å². The summed E-state index contributed by atoms with van der Waals surface area (Å²) in [6, 6.07) is 0. The lowest BCUT2D eigenvalue weighted by atomic mass is 10.4. The third kappa shape index (κ3) is 7.26. The minimum atomic E-state index is -3.90. The fourth-order valence-electron chi connectivity index (χ4n) is 0.818. The van der Waals surface area contributed by atoms with Crippen LogP contribution in [0, 0.1) is 0 Å². The molecule has 3 N–H and O–H groups in total. The lowest BCUT2D eigenvalue weighted by Gasteiger charge is -2.09. The molecule has 0 rings (SSSR count). The van der Waals surface area contributed by atoms with Gasteiger partial charge in [0.1, 0.15) is 0 Å². The Morgan fingerprint density at radius 3 is 2.06 bits per heavy atom. The molecular weight excluding hydrogens is 272 g/mol. The summed E-state index contributed by atoms with van der Waals surface area (Å²) in [7, 11) is -7.19. The highest BCUT2D eigenvalue weighted by molar-refractivity contribution is 7.90. The van der Waals surface area contributed by atoms with Crippen LogP contribution in [0.2, 0.25) is 0 Å². The monoisotopic (exact) mass is 288 g/mol. The first-order valence-corrected chi connectivity index (χ1v) is 8.16. The second-order valence-electron chi connectivity index (χ2n) is 3.44. The van der Waals surface area contributed by atoms with E-state index in [1.807, 2.05) is 0 Å². The zero-order valence-electron chi connectivity index (χ0n) is 9.50. The van der Waals surface area contributed by atoms with Gasteiger partial charge < -0.3 is 5.11 Å². The zero-order chi connectivity index (χ0) is 13.7. The predicted octanol–water partition coefficient (Wildman–Crippen LogP) is -1.68. The molecular formula is C7H16N2O6S2. The van der Waals surface area contributed by atoms with E-state index in [9.17, 15) is 21.6 Å². The summed E-state index contributed by atoms with van der Waals surface area (Å²) in [5.41, 5.74) is 0. The molecule has 0 spiro atoms. The first-order valence-electron chi connectivity index (χ1n) is 4.72. The smallest absolute Gasteiger partial charge is 0.323 e. The third-order valence-electron chi connectivity index (χ3n) is 1.83. The summed E-state index contributed by atoms with van der Waals surface area (Å²) in [6.07, 6.45) is 1.22. The Labute approximate surface area is 101 Å². The maximum atomic E-state index is 11.3. The molecule has 0 saturated heterocycles. The molecule has 0 aliphatic carbocycles. The van der Waals surface area contributed by atoms with Gasteiger partial charge in [-0.25, -0.2) is 26.3 Å². The number of carboxylic acids is 1. The van der Waals surface area contributed by atoms with Gasteiger partial charge in [0.25, 0.3) is 0 Å². The van der Waals surface area contributed by atoms with Crippen molar-refractivity contribution in [3.8, 4) is 0 Å². The number of nitrogens with one attached hydrogen (secondary N) is 2. The van der Waals surface area contributed by atoms with E-state index in [0.29, 0.717) is 0 Å². The van der Waals surface area contributed by atoms with Crippen LogP contribution in [0.3, 0.4) is 0 Å². The van der Waals surface area contributed by atoms with E-state index in [0.717, 1.165) is 13.2 Å². The van der Waals surface area contributed by atoms with E-state index < -0.39 is 31.3 Å². The van der Waals surface area contributed by atoms with Crippen molar-refractivity contribution in [2.75, 3.05) is 19.3 Å². The molecule has 10 heteroatoms. The zero-order valence-corrected chi connectivity index (χ0v) is 11.1. The Balaban J connectivity index is 4.02. The van der Waals surface area contributed by atoms with Crippen LogP contribution in [-0.4, -0.2) is 52.5 Å². The molecule has 17 heavy (non-hydrogen) atoms. The first kappa shape index (κ1) is 16.3. The summed E-state index contributed by atoms with van der Waals surface area (Å²) < 4.78 is 48.2. The molecule has 8 nitrogen and oxygen atoms in total. The van der Waals surface area contributed by atoms with Crippen LogP contribution >= 0.6 is 0 Å². The standard InChI is InChI=1S/C7H16N2O6S2/c1-6(7(10)11)17(14,15)9-5-3-4-8-16(2,12)13/h6,8-9H,3-5H2,1-2H3,(H,10,11). The lowest BCUT2D eigenvalue weighted by molar-refractivity contribution is -0.136. The molecule has 0 amide bonds. The molecule has 0 aliphatic rings. The number of hydrogen-bond acceptors (Lipinski definition) is 5. The van der Waals surface area contributed by atoms with E-state index in [4.69, 9.17) is 5.11 Å². The first-order chi connectivity index (χ1) is 7.56. The highest BCUT2D eigenvalue weighted by atomic mass is 32.2. The maximum Gasteiger partial charge on any atom is 0.323 e. The van der Waals surface area contributed by atoms with E-state index in [1.165, 1.54) is 0 Å². The van der Waals surface area contributed by atoms with Crippen LogP contribution < -0.4 is 9.44 Å². The number of aliphatic carboxylic acids is 1. The Morgan fingerprint density at radius 2 is 1.65 bits per heavy atom. The van der Waals surface area contributed by atoms with Crippen molar-refractivity contribution in [2.45, 2.75) is 18.6 Å². The second kappa shape index (κ2) is 6.28. The lowest BCUT2D eigenvalue weighted by Crippen LogP contribution is -2.38. The van der Waals surface area contributed by atoms with Crippen LogP contribution in [0.25, 0.3) is 0 Å². The summed E-state index contributed by atoms with van der Waals surface area (Å²) >= 11 is 0. The minimum absolute atomic E-state index is 0.0253. The minimum Gasteiger partial charge on any atom is -0.480 e. The van der Waals surface area contributed by atoms with Gasteiger partial charge in [-0.15, -0.1) is 0 Å². The van der Waals surface area contributed by atoms with Crippen molar-refractivity contribution in [3.05, 3.63) is 0 Å². The van der Waals surface area contributed by atoms with Gasteiger partial charge in [0.05, 0.1) is 6.26 Å². The van der Waals surface area contributed by atoms with Gasteiger partial charge in [-0.1, -0.05) is 0 Å². The molecule has 0 radical (unpaired) electrons. The third-order valence-corrected chi connectivity index (χ3v) is 4.30. The van der Waals surface area contributed by atoms with E-state index in [2.05, 4.69) is 9.44 Å². The van der Waals surface area contributed by atoms with Crippen molar-refractivity contribution in [1.29, 1.82) is 0 Å². The number of sulfonamides is 2. The molecule has 1 atom stereocenters. The van der Waals surface area contributed by atoms with Gasteiger partial charge in [-0.05, 0) is 13.3 Å². The molecule has 0 heterocycles. The van der Waals surface area contributed by atoms with Crippen LogP contribution in [0.1, 0.15) is 13.3 Å². The van der Waals surface area contributed by atoms with Crippen LogP contribution in [0.4, 0.5) is 0 Å². The van der Waals surface area contributed by atoms with Gasteiger partial charge >= 0.3 is 5.97 Å². The molecule has 0 aromatic rings. The van der Waals surface area contributed by atoms with Gasteiger partial charge in [0.2, 0.25) is 20.0 Å². The Kier molecular flexibility index (Phi) is 6.02. The molecule has 0 fully saturated rings. The van der Waals surface area contributed by atoms with Crippen molar-refractivity contribution < 1.29 is 26.7 Å². The van der Waals surface area contributed by atoms with E-state index >= 15 is 0 Å². The Morgan fingerprint density at radius 1 is 1.18 bits per heavy atom. The normalized spacial score (nSPS) is 14.5. The van der Waals surface area contributed by atoms with Crippen LogP contribution in [0.5, 0.6) is 0 Å². The van der Waals surface area contributed by atoms with Crippen molar-refractivity contribution in [2.24, 2.45) is 0 Å². The van der Waals surface area contributed by atoms with Crippen molar-refractivity contribution >= 4 is 26.0 Å². The van der Waals surface area contributed by atoms with Crippen molar-refractivity contribution in [3.63, 3.8) is 0 Å². The average Bonchev–Trinajstić information content (AvgIpc) is 2.13. The molecule has 0 bridgehead atoms. The second-order valence-corrected chi connectivity index (χ2v) is 7.36. The molecule has 1 unspecified atom stereocenters. The summed E-state index contributed by atoms with van der Waals surface area (Å²) in [4.78, 5) is 10.5. The Bertz CT molecular complexity index is 455. The molecule has 0 aromatic heterocycles. The van der Waals surface area contributed by atoms with Crippen molar-refractivity contribution in [1.82, 2.24) is 9.44 Å². The quantitative estimate of drug-likeness (QED) is 0.457. The predicted molar refractivity (Wildman–Crippen MR) is 61.5 cm³/mol. The van der Waals surface area contributed by atoms with E-state index in [-0.39, 0.29) is 19.5 Å². The topological polar surface area (TPSA) is 130 Å². The largest absolute Gasteiger partial charge is 0.480 e. The van der Waals surface area contributed by atoms with Crippen LogP contribution in [-0.2, 0) is 24.8 Å². The van der Waals surface area contributed by atoms with Gasteiger partial charge in [-0.3, -0.25) is 4.79 Å². The summed E-state index contributed by atoms with van der Waals surface area (Å²) in [6.45, 7) is 1.12. The van der Waals surface area contributed by atoms with Crippen LogP contribution in [0.15, 0.2) is 0 Å². The number of rotatable bonds is 8. The number of carboxylic acid groups (broad SMARTS) is 1. The number of carbonyl (C=O) groups is 1. The average molecular weight is 288 g/mol. The molecule has 0 aliphatic heterocycles. The molecule has 0 aromatic carbocycles. The Hall–Kier alpha value is -0.710. The summed E-state index contributed by atoms with van der Waals surface area (Å²) in [5.74, 6) is -1.44. The van der Waals surface area contributed by atoms with Gasteiger partial charge in [-0.2, -0.15) is 0 Å². The maximum absolute atomic E-state index is 11.3. The summed E-state index contributed by atoms with van der Waals surface area (Å²) in [5, 5.41) is 6.98. The van der Waals surface area contributed by atoms with E-state index in [1.54, 1.807) is 0 Å². The fourth-order valence-corrected chi connectivity index (χ4v) is 2.28. The highest BCUT2D eigenvalue weighted by Crippen LogP contribution is 1.97.